The minimum Gasteiger partial charge on any atom is -0.391 e. The molecule has 1 heterocycles. The summed E-state index contributed by atoms with van der Waals surface area (Å²) in [5.41, 5.74) is 1.25. The maximum atomic E-state index is 13.9. The van der Waals surface area contributed by atoms with Crippen LogP contribution in [0.5, 0.6) is 0 Å². The van der Waals surface area contributed by atoms with Gasteiger partial charge in [0.25, 0.3) is 5.91 Å². The molecule has 128 valence electrons. The molecule has 0 unspecified atom stereocenters. The van der Waals surface area contributed by atoms with Gasteiger partial charge >= 0.3 is 0 Å². The van der Waals surface area contributed by atoms with Gasteiger partial charge in [0.15, 0.2) is 0 Å². The number of aromatic nitrogens is 2. The summed E-state index contributed by atoms with van der Waals surface area (Å²) in [6.07, 6.45) is 5.23. The van der Waals surface area contributed by atoms with E-state index in [1.54, 1.807) is 25.1 Å². The Morgan fingerprint density at radius 1 is 1.42 bits per heavy atom. The Bertz CT molecular complexity index is 723. The molecule has 0 saturated heterocycles. The van der Waals surface area contributed by atoms with Crippen molar-refractivity contribution in [1.82, 2.24) is 15.1 Å². The Hall–Kier alpha value is -2.21. The van der Waals surface area contributed by atoms with Crippen LogP contribution in [0.3, 0.4) is 0 Å². The number of aliphatic hydroxyl groups excluding tert-OH is 1. The second kappa shape index (κ2) is 7.13. The van der Waals surface area contributed by atoms with Gasteiger partial charge in [-0.3, -0.25) is 4.79 Å². The van der Waals surface area contributed by atoms with Crippen LogP contribution in [0.25, 0.3) is 5.69 Å². The van der Waals surface area contributed by atoms with Crippen LogP contribution < -0.4 is 5.32 Å². The number of carbonyl (C=O) groups is 1. The first-order valence-electron chi connectivity index (χ1n) is 8.33. The summed E-state index contributed by atoms with van der Waals surface area (Å²) in [4.78, 5) is 12.3. The summed E-state index contributed by atoms with van der Waals surface area (Å²) in [6, 6.07) is 6.29. The molecule has 0 aliphatic heterocycles. The number of halogens is 1. The molecule has 2 aromatic rings. The van der Waals surface area contributed by atoms with Crippen LogP contribution in [0.2, 0.25) is 0 Å². The molecule has 0 bridgehead atoms. The van der Waals surface area contributed by atoms with Crippen LogP contribution in [-0.2, 0) is 0 Å². The summed E-state index contributed by atoms with van der Waals surface area (Å²) in [6.45, 7) is 1.95. The number of hydrogen-bond acceptors (Lipinski definition) is 3. The van der Waals surface area contributed by atoms with Crippen molar-refractivity contribution in [2.75, 3.05) is 6.54 Å². The van der Waals surface area contributed by atoms with E-state index >= 15 is 0 Å². The third kappa shape index (κ3) is 3.33. The molecule has 0 radical (unpaired) electrons. The number of nitrogens with zero attached hydrogens (tertiary/aromatic N) is 2. The lowest BCUT2D eigenvalue weighted by molar-refractivity contribution is 0.0840. The van der Waals surface area contributed by atoms with E-state index in [1.165, 1.54) is 16.9 Å². The van der Waals surface area contributed by atoms with Gasteiger partial charge in [-0.1, -0.05) is 25.0 Å². The zero-order valence-corrected chi connectivity index (χ0v) is 13.7. The highest BCUT2D eigenvalue weighted by Gasteiger charge is 2.24. The molecule has 3 rings (SSSR count). The van der Waals surface area contributed by atoms with E-state index < -0.39 is 11.9 Å². The molecule has 1 aliphatic carbocycles. The lowest BCUT2D eigenvalue weighted by Crippen LogP contribution is -2.35. The first-order chi connectivity index (χ1) is 11.6. The molecule has 5 nitrogen and oxygen atoms in total. The first kappa shape index (κ1) is 16.6. The fraction of sp³-hybridized carbons (Fsp3) is 0.444. The third-order valence-electron chi connectivity index (χ3n) is 4.75. The Morgan fingerprint density at radius 2 is 2.12 bits per heavy atom. The van der Waals surface area contributed by atoms with Gasteiger partial charge in [0, 0.05) is 6.54 Å². The zero-order chi connectivity index (χ0) is 17.1. The quantitative estimate of drug-likeness (QED) is 0.885. The number of carbonyl (C=O) groups excluding carboxylic acids is 1. The highest BCUT2D eigenvalue weighted by atomic mass is 19.1. The largest absolute Gasteiger partial charge is 0.391 e. The number of rotatable bonds is 5. The molecule has 1 aromatic heterocycles. The van der Waals surface area contributed by atoms with E-state index in [0.717, 1.165) is 25.7 Å². The van der Waals surface area contributed by atoms with Gasteiger partial charge in [0.05, 0.1) is 23.6 Å². The van der Waals surface area contributed by atoms with Crippen LogP contribution in [0.4, 0.5) is 4.39 Å². The number of nitrogens with one attached hydrogen (secondary N) is 1. The maximum absolute atomic E-state index is 13.9. The van der Waals surface area contributed by atoms with E-state index in [2.05, 4.69) is 10.4 Å². The van der Waals surface area contributed by atoms with Crippen LogP contribution in [0.1, 0.15) is 41.7 Å². The van der Waals surface area contributed by atoms with Crippen molar-refractivity contribution in [1.29, 1.82) is 0 Å². The van der Waals surface area contributed by atoms with Crippen molar-refractivity contribution in [2.24, 2.45) is 5.92 Å². The molecule has 1 atom stereocenters. The molecule has 1 saturated carbocycles. The average molecular weight is 331 g/mol. The van der Waals surface area contributed by atoms with Crippen molar-refractivity contribution in [3.05, 3.63) is 47.5 Å². The smallest absolute Gasteiger partial charge is 0.254 e. The van der Waals surface area contributed by atoms with Crippen LogP contribution in [-0.4, -0.2) is 33.4 Å². The van der Waals surface area contributed by atoms with Gasteiger partial charge in [-0.25, -0.2) is 9.07 Å². The highest BCUT2D eigenvalue weighted by Crippen LogP contribution is 2.27. The summed E-state index contributed by atoms with van der Waals surface area (Å²) in [7, 11) is 0. The summed E-state index contributed by atoms with van der Waals surface area (Å²) in [5.74, 6) is -0.424. The Labute approximate surface area is 140 Å². The zero-order valence-electron chi connectivity index (χ0n) is 13.7. The SMILES string of the molecule is Cc1c(C(=O)NC[C@@H](O)C2CCCC2)cnn1-c1ccccc1F. The highest BCUT2D eigenvalue weighted by molar-refractivity contribution is 5.95. The van der Waals surface area contributed by atoms with Gasteiger partial charge in [0.1, 0.15) is 11.5 Å². The van der Waals surface area contributed by atoms with Crippen molar-refractivity contribution in [2.45, 2.75) is 38.7 Å². The van der Waals surface area contributed by atoms with E-state index in [4.69, 9.17) is 0 Å². The van der Waals surface area contributed by atoms with Gasteiger partial charge in [-0.05, 0) is 37.8 Å². The third-order valence-corrected chi connectivity index (χ3v) is 4.75. The number of benzene rings is 1. The van der Waals surface area contributed by atoms with E-state index in [-0.39, 0.29) is 18.4 Å². The molecule has 1 aliphatic rings. The minimum atomic E-state index is -0.515. The molecule has 6 heteroatoms. The Morgan fingerprint density at radius 3 is 2.83 bits per heavy atom. The standard InChI is InChI=1S/C18H22FN3O2/c1-12-14(10-21-22(12)16-9-5-4-8-15(16)19)18(24)20-11-17(23)13-6-2-3-7-13/h4-5,8-10,13,17,23H,2-3,6-7,11H2,1H3,(H,20,24)/t17-/m1/s1. The second-order valence-electron chi connectivity index (χ2n) is 6.33. The molecule has 1 aromatic carbocycles. The number of para-hydroxylation sites is 1. The predicted octanol–water partition coefficient (Wildman–Crippen LogP) is 2.60. The second-order valence-corrected chi connectivity index (χ2v) is 6.33. The summed E-state index contributed by atoms with van der Waals surface area (Å²) in [5, 5.41) is 17.0. The van der Waals surface area contributed by atoms with Crippen molar-refractivity contribution < 1.29 is 14.3 Å². The van der Waals surface area contributed by atoms with Crippen molar-refractivity contribution >= 4 is 5.91 Å². The fourth-order valence-corrected chi connectivity index (χ4v) is 3.30. The Kier molecular flexibility index (Phi) is 4.94. The molecule has 1 amide bonds. The number of amides is 1. The molecule has 1 fully saturated rings. The van der Waals surface area contributed by atoms with Gasteiger partial charge in [-0.15, -0.1) is 0 Å². The number of hydrogen-bond donors (Lipinski definition) is 2. The van der Waals surface area contributed by atoms with Crippen molar-refractivity contribution in [3.63, 3.8) is 0 Å². The maximum Gasteiger partial charge on any atom is 0.254 e. The monoisotopic (exact) mass is 331 g/mol. The van der Waals surface area contributed by atoms with Gasteiger partial charge < -0.3 is 10.4 Å². The van der Waals surface area contributed by atoms with E-state index in [9.17, 15) is 14.3 Å². The molecular formula is C18H22FN3O2. The molecular weight excluding hydrogens is 309 g/mol. The van der Waals surface area contributed by atoms with Crippen LogP contribution in [0.15, 0.2) is 30.5 Å². The summed E-state index contributed by atoms with van der Waals surface area (Å²) >= 11 is 0. The lowest BCUT2D eigenvalue weighted by Gasteiger charge is -2.18. The molecule has 24 heavy (non-hydrogen) atoms. The van der Waals surface area contributed by atoms with Crippen LogP contribution >= 0.6 is 0 Å². The van der Waals surface area contributed by atoms with Gasteiger partial charge in [-0.2, -0.15) is 5.10 Å². The summed E-state index contributed by atoms with van der Waals surface area (Å²) < 4.78 is 15.3. The van der Waals surface area contributed by atoms with E-state index in [0.29, 0.717) is 16.9 Å². The van der Waals surface area contributed by atoms with Crippen molar-refractivity contribution in [3.8, 4) is 5.69 Å². The first-order valence-corrected chi connectivity index (χ1v) is 8.33. The molecule has 0 spiro atoms. The number of aliphatic hydroxyl groups is 1. The average Bonchev–Trinajstić information content (AvgIpc) is 3.23. The Balaban J connectivity index is 1.69. The minimum absolute atomic E-state index is 0.230. The van der Waals surface area contributed by atoms with E-state index in [1.807, 2.05) is 0 Å². The normalized spacial score (nSPS) is 16.3. The van der Waals surface area contributed by atoms with Gasteiger partial charge in [0.2, 0.25) is 0 Å². The molecule has 2 N–H and O–H groups in total. The van der Waals surface area contributed by atoms with Crippen LogP contribution in [0, 0.1) is 18.7 Å². The lowest BCUT2D eigenvalue weighted by atomic mass is 10.0. The fourth-order valence-electron chi connectivity index (χ4n) is 3.30. The topological polar surface area (TPSA) is 67.2 Å². The predicted molar refractivity (Wildman–Crippen MR) is 88.6 cm³/mol.